The van der Waals surface area contributed by atoms with Crippen LogP contribution < -0.4 is 11.1 Å². The van der Waals surface area contributed by atoms with Gasteiger partial charge in [0.05, 0.1) is 6.42 Å². The van der Waals surface area contributed by atoms with Crippen LogP contribution in [0.25, 0.3) is 11.0 Å². The number of para-hydroxylation sites is 1. The third kappa shape index (κ3) is 2.67. The number of hydrogen-bond acceptors (Lipinski definition) is 4. The summed E-state index contributed by atoms with van der Waals surface area (Å²) in [6, 6.07) is 7.73. The standard InChI is InChI=1S/C15H19N3O2/c16-11-6-2-3-7-12(11)17-15(19)9-13-10-5-1-4-8-14(10)20-18-13/h1,4-5,8,11-12H,2-3,6-7,9,16H2,(H,17,19)/t11-,12-/m1/s1. The van der Waals surface area contributed by atoms with E-state index in [4.69, 9.17) is 10.3 Å². The molecule has 1 heterocycles. The van der Waals surface area contributed by atoms with Crippen molar-refractivity contribution in [3.05, 3.63) is 30.0 Å². The summed E-state index contributed by atoms with van der Waals surface area (Å²) in [4.78, 5) is 12.1. The lowest BCUT2D eigenvalue weighted by atomic mass is 9.91. The molecular weight excluding hydrogens is 254 g/mol. The Morgan fingerprint density at radius 3 is 3.00 bits per heavy atom. The first kappa shape index (κ1) is 13.1. The summed E-state index contributed by atoms with van der Waals surface area (Å²) >= 11 is 0. The molecule has 0 radical (unpaired) electrons. The zero-order valence-corrected chi connectivity index (χ0v) is 11.3. The summed E-state index contributed by atoms with van der Waals surface area (Å²) < 4.78 is 5.21. The van der Waals surface area contributed by atoms with E-state index < -0.39 is 0 Å². The molecule has 2 atom stereocenters. The van der Waals surface area contributed by atoms with Crippen LogP contribution in [-0.2, 0) is 11.2 Å². The Labute approximate surface area is 117 Å². The molecule has 1 aromatic heterocycles. The molecule has 0 saturated heterocycles. The third-order valence-electron chi connectivity index (χ3n) is 3.95. The highest BCUT2D eigenvalue weighted by atomic mass is 16.5. The predicted molar refractivity (Wildman–Crippen MR) is 76.1 cm³/mol. The van der Waals surface area contributed by atoms with Crippen LogP contribution in [0, 0.1) is 0 Å². The van der Waals surface area contributed by atoms with Gasteiger partial charge in [0.15, 0.2) is 5.58 Å². The fourth-order valence-electron chi connectivity index (χ4n) is 2.81. The molecule has 5 nitrogen and oxygen atoms in total. The lowest BCUT2D eigenvalue weighted by molar-refractivity contribution is -0.121. The molecule has 0 spiro atoms. The third-order valence-corrected chi connectivity index (χ3v) is 3.95. The van der Waals surface area contributed by atoms with Crippen molar-refractivity contribution in [1.29, 1.82) is 0 Å². The van der Waals surface area contributed by atoms with E-state index in [1.54, 1.807) is 0 Å². The van der Waals surface area contributed by atoms with E-state index in [1.807, 2.05) is 24.3 Å². The number of amides is 1. The summed E-state index contributed by atoms with van der Waals surface area (Å²) in [5, 5.41) is 7.91. The number of nitrogens with zero attached hydrogens (tertiary/aromatic N) is 1. The fourth-order valence-corrected chi connectivity index (χ4v) is 2.81. The van der Waals surface area contributed by atoms with Gasteiger partial charge in [-0.1, -0.05) is 30.1 Å². The number of nitrogens with two attached hydrogens (primary N) is 1. The number of carbonyl (C=O) groups excluding carboxylic acids is 1. The van der Waals surface area contributed by atoms with Gasteiger partial charge in [0.2, 0.25) is 5.91 Å². The molecule has 1 fully saturated rings. The van der Waals surface area contributed by atoms with Gasteiger partial charge in [-0.3, -0.25) is 4.79 Å². The molecule has 3 rings (SSSR count). The number of carbonyl (C=O) groups is 1. The number of aromatic nitrogens is 1. The van der Waals surface area contributed by atoms with Crippen LogP contribution in [0.1, 0.15) is 31.4 Å². The van der Waals surface area contributed by atoms with E-state index in [2.05, 4.69) is 10.5 Å². The zero-order valence-electron chi connectivity index (χ0n) is 11.3. The molecule has 1 aromatic carbocycles. The minimum Gasteiger partial charge on any atom is -0.356 e. The molecule has 1 aliphatic carbocycles. The maximum Gasteiger partial charge on any atom is 0.226 e. The first-order chi connectivity index (χ1) is 9.74. The molecule has 1 saturated carbocycles. The topological polar surface area (TPSA) is 81.1 Å². The molecule has 0 bridgehead atoms. The van der Waals surface area contributed by atoms with Gasteiger partial charge in [-0.05, 0) is 25.0 Å². The van der Waals surface area contributed by atoms with Crippen molar-refractivity contribution in [2.75, 3.05) is 0 Å². The highest BCUT2D eigenvalue weighted by Crippen LogP contribution is 2.19. The second-order valence-corrected chi connectivity index (χ2v) is 5.42. The van der Waals surface area contributed by atoms with Crippen LogP contribution in [0.3, 0.4) is 0 Å². The molecule has 20 heavy (non-hydrogen) atoms. The van der Waals surface area contributed by atoms with E-state index in [9.17, 15) is 4.79 Å². The highest BCUT2D eigenvalue weighted by molar-refractivity contribution is 5.86. The molecule has 5 heteroatoms. The van der Waals surface area contributed by atoms with E-state index in [0.717, 1.165) is 31.1 Å². The minimum absolute atomic E-state index is 0.0357. The Kier molecular flexibility index (Phi) is 3.69. The van der Waals surface area contributed by atoms with Gasteiger partial charge in [-0.25, -0.2) is 0 Å². The molecule has 1 aliphatic rings. The van der Waals surface area contributed by atoms with Crippen molar-refractivity contribution in [2.24, 2.45) is 5.73 Å². The fraction of sp³-hybridized carbons (Fsp3) is 0.467. The zero-order chi connectivity index (χ0) is 13.9. The van der Waals surface area contributed by atoms with E-state index in [-0.39, 0.29) is 24.4 Å². The molecule has 0 aliphatic heterocycles. The van der Waals surface area contributed by atoms with E-state index in [1.165, 1.54) is 0 Å². The Balaban J connectivity index is 1.66. The van der Waals surface area contributed by atoms with Gasteiger partial charge in [-0.2, -0.15) is 0 Å². The summed E-state index contributed by atoms with van der Waals surface area (Å²) in [6.07, 6.45) is 4.47. The van der Waals surface area contributed by atoms with Gasteiger partial charge < -0.3 is 15.6 Å². The largest absolute Gasteiger partial charge is 0.356 e. The maximum absolute atomic E-state index is 12.1. The van der Waals surface area contributed by atoms with Crippen molar-refractivity contribution < 1.29 is 9.32 Å². The van der Waals surface area contributed by atoms with Crippen molar-refractivity contribution in [3.63, 3.8) is 0 Å². The maximum atomic E-state index is 12.1. The van der Waals surface area contributed by atoms with Crippen molar-refractivity contribution in [2.45, 2.75) is 44.2 Å². The first-order valence-corrected chi connectivity index (χ1v) is 7.12. The first-order valence-electron chi connectivity index (χ1n) is 7.12. The summed E-state index contributed by atoms with van der Waals surface area (Å²) in [5.41, 5.74) is 7.44. The average molecular weight is 273 g/mol. The second-order valence-electron chi connectivity index (χ2n) is 5.42. The molecule has 1 amide bonds. The average Bonchev–Trinajstić information content (AvgIpc) is 2.85. The molecular formula is C15H19N3O2. The number of rotatable bonds is 3. The van der Waals surface area contributed by atoms with Gasteiger partial charge >= 0.3 is 0 Å². The van der Waals surface area contributed by atoms with Crippen LogP contribution >= 0.6 is 0 Å². The molecule has 3 N–H and O–H groups in total. The number of benzene rings is 1. The Morgan fingerprint density at radius 2 is 2.15 bits per heavy atom. The minimum atomic E-state index is -0.0357. The van der Waals surface area contributed by atoms with Crippen molar-refractivity contribution in [3.8, 4) is 0 Å². The summed E-state index contributed by atoms with van der Waals surface area (Å²) in [7, 11) is 0. The Morgan fingerprint density at radius 1 is 1.35 bits per heavy atom. The monoisotopic (exact) mass is 273 g/mol. The lowest BCUT2D eigenvalue weighted by Crippen LogP contribution is -2.49. The molecule has 2 aromatic rings. The van der Waals surface area contributed by atoms with Crippen LogP contribution in [0.5, 0.6) is 0 Å². The number of nitrogens with one attached hydrogen (secondary N) is 1. The molecule has 106 valence electrons. The number of fused-ring (bicyclic) bond motifs is 1. The van der Waals surface area contributed by atoms with Crippen LogP contribution in [0.4, 0.5) is 0 Å². The van der Waals surface area contributed by atoms with E-state index >= 15 is 0 Å². The Bertz CT molecular complexity index is 608. The molecule has 0 unspecified atom stereocenters. The second kappa shape index (κ2) is 5.63. The van der Waals surface area contributed by atoms with Gasteiger partial charge in [-0.15, -0.1) is 0 Å². The normalized spacial score (nSPS) is 22.9. The summed E-state index contributed by atoms with van der Waals surface area (Å²) in [5.74, 6) is -0.0357. The van der Waals surface area contributed by atoms with Crippen LogP contribution in [0.2, 0.25) is 0 Å². The smallest absolute Gasteiger partial charge is 0.226 e. The van der Waals surface area contributed by atoms with Crippen molar-refractivity contribution in [1.82, 2.24) is 10.5 Å². The lowest BCUT2D eigenvalue weighted by Gasteiger charge is -2.29. The SMILES string of the molecule is N[C@@H]1CCCC[C@H]1NC(=O)Cc1noc2ccccc12. The van der Waals surface area contributed by atoms with Crippen molar-refractivity contribution >= 4 is 16.9 Å². The Hall–Kier alpha value is -1.88. The number of hydrogen-bond donors (Lipinski definition) is 2. The quantitative estimate of drug-likeness (QED) is 0.892. The van der Waals surface area contributed by atoms with Crippen LogP contribution in [0.15, 0.2) is 28.8 Å². The van der Waals surface area contributed by atoms with Gasteiger partial charge in [0.25, 0.3) is 0 Å². The summed E-state index contributed by atoms with van der Waals surface area (Å²) in [6.45, 7) is 0. The van der Waals surface area contributed by atoms with E-state index in [0.29, 0.717) is 11.3 Å². The van der Waals surface area contributed by atoms with Gasteiger partial charge in [0.1, 0.15) is 5.69 Å². The highest BCUT2D eigenvalue weighted by Gasteiger charge is 2.23. The van der Waals surface area contributed by atoms with Gasteiger partial charge in [0, 0.05) is 17.5 Å². The predicted octanol–water partition coefficient (Wildman–Crippen LogP) is 1.76. The van der Waals surface area contributed by atoms with Crippen LogP contribution in [-0.4, -0.2) is 23.1 Å².